The number of hydrogen-bond donors (Lipinski definition) is 1. The minimum atomic E-state index is -0.427. The Morgan fingerprint density at radius 1 is 1.33 bits per heavy atom. The number of carbonyl (C=O) groups is 2. The molecule has 2 aromatic rings. The van der Waals surface area contributed by atoms with Gasteiger partial charge < -0.3 is 19.5 Å². The molecule has 33 heavy (non-hydrogen) atoms. The van der Waals surface area contributed by atoms with Gasteiger partial charge in [-0.25, -0.2) is 4.79 Å². The minimum absolute atomic E-state index is 0.00954. The normalized spacial score (nSPS) is 17.2. The zero-order chi connectivity index (χ0) is 23.4. The number of amides is 1. The van der Waals surface area contributed by atoms with E-state index in [2.05, 4.69) is 5.32 Å². The van der Waals surface area contributed by atoms with Crippen LogP contribution in [0.25, 0.3) is 0 Å². The van der Waals surface area contributed by atoms with Gasteiger partial charge in [0, 0.05) is 31.9 Å². The van der Waals surface area contributed by atoms with Crippen LogP contribution >= 0.6 is 11.6 Å². The molecule has 3 heterocycles. The van der Waals surface area contributed by atoms with E-state index in [0.29, 0.717) is 61.2 Å². The van der Waals surface area contributed by atoms with E-state index in [1.807, 2.05) is 6.92 Å². The Balaban J connectivity index is 1.43. The maximum Gasteiger partial charge on any atom is 0.338 e. The fourth-order valence-electron chi connectivity index (χ4n) is 4.64. The van der Waals surface area contributed by atoms with Gasteiger partial charge in [-0.3, -0.25) is 9.48 Å². The lowest BCUT2D eigenvalue weighted by atomic mass is 9.75. The summed E-state index contributed by atoms with van der Waals surface area (Å²) in [7, 11) is 1.50. The van der Waals surface area contributed by atoms with Crippen molar-refractivity contribution in [3.63, 3.8) is 0 Å². The molecule has 1 N–H and O–H groups in total. The number of hydrogen-bond acceptors (Lipinski definition) is 6. The van der Waals surface area contributed by atoms with Crippen molar-refractivity contribution in [2.75, 3.05) is 33.5 Å². The van der Waals surface area contributed by atoms with Crippen LogP contribution in [0.15, 0.2) is 18.2 Å². The monoisotopic (exact) mass is 475 g/mol. The van der Waals surface area contributed by atoms with Crippen LogP contribution in [0, 0.1) is 5.41 Å². The number of ether oxygens (including phenoxy) is 3. The first-order chi connectivity index (χ1) is 16.0. The molecule has 2 aliphatic rings. The fraction of sp³-hybridized carbons (Fsp3) is 0.542. The Bertz CT molecular complexity index is 1030. The van der Waals surface area contributed by atoms with E-state index in [1.165, 1.54) is 7.11 Å². The molecule has 4 rings (SSSR count). The molecule has 1 saturated heterocycles. The van der Waals surface area contributed by atoms with E-state index in [0.717, 1.165) is 30.5 Å². The molecule has 0 saturated carbocycles. The van der Waals surface area contributed by atoms with Gasteiger partial charge in [0.1, 0.15) is 11.4 Å². The predicted octanol–water partition coefficient (Wildman–Crippen LogP) is 3.44. The number of methoxy groups -OCH3 is 1. The highest BCUT2D eigenvalue weighted by Crippen LogP contribution is 2.37. The molecule has 178 valence electrons. The van der Waals surface area contributed by atoms with Gasteiger partial charge in [-0.15, -0.1) is 0 Å². The van der Waals surface area contributed by atoms with Crippen molar-refractivity contribution in [3.05, 3.63) is 45.7 Å². The summed E-state index contributed by atoms with van der Waals surface area (Å²) in [4.78, 5) is 25.3. The molecule has 8 nitrogen and oxygen atoms in total. The number of nitrogens with one attached hydrogen (secondary N) is 1. The quantitative estimate of drug-likeness (QED) is 0.487. The number of aryl methyl sites for hydroxylation is 2. The second kappa shape index (κ2) is 10.1. The van der Waals surface area contributed by atoms with Gasteiger partial charge in [0.25, 0.3) is 5.91 Å². The molecule has 0 aliphatic carbocycles. The highest BCUT2D eigenvalue weighted by atomic mass is 35.5. The maximum absolute atomic E-state index is 12.9. The lowest BCUT2D eigenvalue weighted by molar-refractivity contribution is 0.0160. The highest BCUT2D eigenvalue weighted by Gasteiger charge is 2.39. The van der Waals surface area contributed by atoms with Gasteiger partial charge >= 0.3 is 5.97 Å². The lowest BCUT2D eigenvalue weighted by Crippen LogP contribution is -2.40. The first-order valence-corrected chi connectivity index (χ1v) is 11.8. The summed E-state index contributed by atoms with van der Waals surface area (Å²) >= 11 is 6.02. The van der Waals surface area contributed by atoms with Crippen LogP contribution in [0.4, 0.5) is 0 Å². The second-order valence-corrected chi connectivity index (χ2v) is 9.06. The molecule has 1 amide bonds. The first kappa shape index (κ1) is 23.6. The number of nitrogens with zero attached hydrogens (tertiary/aromatic N) is 2. The summed E-state index contributed by atoms with van der Waals surface area (Å²) in [5.74, 6) is -0.0558. The third kappa shape index (κ3) is 5.01. The van der Waals surface area contributed by atoms with Crippen LogP contribution in [-0.4, -0.2) is 55.1 Å². The van der Waals surface area contributed by atoms with Crippen LogP contribution in [0.5, 0.6) is 5.75 Å². The van der Waals surface area contributed by atoms with E-state index in [9.17, 15) is 9.59 Å². The van der Waals surface area contributed by atoms with Crippen LogP contribution in [0.2, 0.25) is 5.02 Å². The predicted molar refractivity (Wildman–Crippen MR) is 123 cm³/mol. The standard InChI is InChI=1S/C24H30ClN3O5/c1-3-28-21-17(14-24(15-26-22(21)29)8-11-32-12-9-24)19(27-28)5-4-10-33-23(30)16-6-7-18(25)20(13-16)31-2/h6-7,13H,3-5,8-12,14-15H2,1-2H3,(H,26,29). The number of carbonyl (C=O) groups excluding carboxylic acids is 2. The van der Waals surface area contributed by atoms with Crippen LogP contribution in [0.1, 0.15) is 58.3 Å². The van der Waals surface area contributed by atoms with Crippen molar-refractivity contribution < 1.29 is 23.8 Å². The molecule has 1 fully saturated rings. The van der Waals surface area contributed by atoms with Crippen LogP contribution in [0.3, 0.4) is 0 Å². The van der Waals surface area contributed by atoms with E-state index in [1.54, 1.807) is 22.9 Å². The SMILES string of the molecule is CCn1nc(CCCOC(=O)c2ccc(Cl)c(OC)c2)c2c1C(=O)NCC1(CCOCC1)C2. The first-order valence-electron chi connectivity index (χ1n) is 11.4. The summed E-state index contributed by atoms with van der Waals surface area (Å²) in [6.07, 6.45) is 3.90. The average molecular weight is 476 g/mol. The van der Waals surface area contributed by atoms with Crippen molar-refractivity contribution in [3.8, 4) is 5.75 Å². The summed E-state index contributed by atoms with van der Waals surface area (Å²) in [6, 6.07) is 4.79. The number of rotatable bonds is 7. The molecule has 1 aromatic carbocycles. The largest absolute Gasteiger partial charge is 0.495 e. The molecule has 0 atom stereocenters. The summed E-state index contributed by atoms with van der Waals surface area (Å²) in [5.41, 5.74) is 3.01. The molecule has 1 aromatic heterocycles. The molecule has 0 radical (unpaired) electrons. The Morgan fingerprint density at radius 2 is 2.12 bits per heavy atom. The summed E-state index contributed by atoms with van der Waals surface area (Å²) in [6.45, 7) is 4.96. The number of benzene rings is 1. The highest BCUT2D eigenvalue weighted by molar-refractivity contribution is 6.32. The third-order valence-electron chi connectivity index (χ3n) is 6.56. The zero-order valence-electron chi connectivity index (χ0n) is 19.1. The van der Waals surface area contributed by atoms with Crippen LogP contribution in [-0.2, 0) is 28.9 Å². The number of esters is 1. The molecular weight excluding hydrogens is 446 g/mol. The van der Waals surface area contributed by atoms with Gasteiger partial charge in [0.05, 0.1) is 30.0 Å². The fourth-order valence-corrected chi connectivity index (χ4v) is 4.83. The van der Waals surface area contributed by atoms with Gasteiger partial charge in [0.15, 0.2) is 0 Å². The van der Waals surface area contributed by atoms with E-state index < -0.39 is 5.97 Å². The van der Waals surface area contributed by atoms with E-state index >= 15 is 0 Å². The molecular formula is C24H30ClN3O5. The van der Waals surface area contributed by atoms with Gasteiger partial charge in [-0.2, -0.15) is 5.10 Å². The van der Waals surface area contributed by atoms with Gasteiger partial charge in [-0.1, -0.05) is 11.6 Å². The number of fused-ring (bicyclic) bond motifs is 1. The smallest absolute Gasteiger partial charge is 0.338 e. The van der Waals surface area contributed by atoms with Crippen LogP contribution < -0.4 is 10.1 Å². The van der Waals surface area contributed by atoms with Crippen molar-refractivity contribution in [2.24, 2.45) is 5.41 Å². The van der Waals surface area contributed by atoms with Crippen molar-refractivity contribution in [1.82, 2.24) is 15.1 Å². The van der Waals surface area contributed by atoms with Gasteiger partial charge in [0.2, 0.25) is 0 Å². The molecule has 2 aliphatic heterocycles. The summed E-state index contributed by atoms with van der Waals surface area (Å²) in [5, 5.41) is 8.30. The average Bonchev–Trinajstić information content (AvgIpc) is 3.11. The number of halogens is 1. The number of aromatic nitrogens is 2. The Kier molecular flexibility index (Phi) is 7.24. The molecule has 9 heteroatoms. The van der Waals surface area contributed by atoms with E-state index in [4.69, 9.17) is 30.9 Å². The van der Waals surface area contributed by atoms with Gasteiger partial charge in [-0.05, 0) is 62.6 Å². The summed E-state index contributed by atoms with van der Waals surface area (Å²) < 4.78 is 18.0. The molecule has 1 spiro atoms. The lowest BCUT2D eigenvalue weighted by Gasteiger charge is -2.36. The Morgan fingerprint density at radius 3 is 2.85 bits per heavy atom. The third-order valence-corrected chi connectivity index (χ3v) is 6.87. The maximum atomic E-state index is 12.9. The molecule has 0 bridgehead atoms. The zero-order valence-corrected chi connectivity index (χ0v) is 19.9. The minimum Gasteiger partial charge on any atom is -0.495 e. The topological polar surface area (TPSA) is 91.7 Å². The van der Waals surface area contributed by atoms with Crippen molar-refractivity contribution in [2.45, 2.75) is 45.6 Å². The Labute approximate surface area is 198 Å². The molecule has 0 unspecified atom stereocenters. The Hall–Kier alpha value is -2.58. The van der Waals surface area contributed by atoms with E-state index in [-0.39, 0.29) is 17.9 Å². The van der Waals surface area contributed by atoms with Crippen molar-refractivity contribution in [1.29, 1.82) is 0 Å². The second-order valence-electron chi connectivity index (χ2n) is 8.65. The van der Waals surface area contributed by atoms with Crippen molar-refractivity contribution >= 4 is 23.5 Å².